The SMILES string of the molecule is CC(C)(C)OC(=O)Nc1ccc(C(=O)N(CC2CCCO2)c2nc3ccccc3s2)cc1. The fraction of sp³-hybridized carbons (Fsp3) is 0.375. The van der Waals surface area contributed by atoms with Crippen molar-refractivity contribution in [3.05, 3.63) is 54.1 Å². The van der Waals surface area contributed by atoms with Gasteiger partial charge in [-0.05, 0) is 70.0 Å². The average molecular weight is 454 g/mol. The van der Waals surface area contributed by atoms with Crippen molar-refractivity contribution in [3.8, 4) is 0 Å². The molecule has 8 heteroatoms. The minimum absolute atomic E-state index is 0.000861. The molecule has 1 aliphatic rings. The molecule has 0 radical (unpaired) electrons. The van der Waals surface area contributed by atoms with E-state index in [0.717, 1.165) is 29.7 Å². The zero-order valence-electron chi connectivity index (χ0n) is 18.5. The van der Waals surface area contributed by atoms with E-state index in [1.807, 2.05) is 24.3 Å². The fourth-order valence-corrected chi connectivity index (χ4v) is 4.46. The third-order valence-electron chi connectivity index (χ3n) is 4.95. The van der Waals surface area contributed by atoms with Gasteiger partial charge in [-0.2, -0.15) is 0 Å². The molecule has 1 N–H and O–H groups in total. The van der Waals surface area contributed by atoms with E-state index in [1.54, 1.807) is 49.9 Å². The van der Waals surface area contributed by atoms with E-state index in [1.165, 1.54) is 11.3 Å². The largest absolute Gasteiger partial charge is 0.444 e. The second-order valence-corrected chi connectivity index (χ2v) is 9.73. The van der Waals surface area contributed by atoms with Crippen molar-refractivity contribution in [1.29, 1.82) is 0 Å². The Bertz CT molecular complexity index is 1070. The summed E-state index contributed by atoms with van der Waals surface area (Å²) in [6.45, 7) is 6.59. The van der Waals surface area contributed by atoms with E-state index in [9.17, 15) is 9.59 Å². The number of hydrogen-bond acceptors (Lipinski definition) is 6. The molecule has 3 aromatic rings. The first-order valence-electron chi connectivity index (χ1n) is 10.7. The zero-order chi connectivity index (χ0) is 22.7. The summed E-state index contributed by atoms with van der Waals surface area (Å²) in [4.78, 5) is 31.8. The molecule has 1 unspecified atom stereocenters. The van der Waals surface area contributed by atoms with Crippen LogP contribution in [-0.4, -0.2) is 41.8 Å². The summed E-state index contributed by atoms with van der Waals surface area (Å²) in [5.74, 6) is -0.150. The van der Waals surface area contributed by atoms with Crippen molar-refractivity contribution in [1.82, 2.24) is 4.98 Å². The summed E-state index contributed by atoms with van der Waals surface area (Å²) in [6.07, 6.45) is 1.38. The first-order valence-corrected chi connectivity index (χ1v) is 11.5. The molecule has 1 aliphatic heterocycles. The maximum absolute atomic E-state index is 13.5. The van der Waals surface area contributed by atoms with Gasteiger partial charge in [0.15, 0.2) is 5.13 Å². The van der Waals surface area contributed by atoms with Crippen molar-refractivity contribution >= 4 is 44.4 Å². The summed E-state index contributed by atoms with van der Waals surface area (Å²) in [7, 11) is 0. The van der Waals surface area contributed by atoms with Gasteiger partial charge in [-0.1, -0.05) is 23.5 Å². The van der Waals surface area contributed by atoms with Gasteiger partial charge in [0.2, 0.25) is 0 Å². The van der Waals surface area contributed by atoms with Gasteiger partial charge in [-0.15, -0.1) is 0 Å². The number of fused-ring (bicyclic) bond motifs is 1. The quantitative estimate of drug-likeness (QED) is 0.554. The highest BCUT2D eigenvalue weighted by Crippen LogP contribution is 2.31. The normalized spacial score (nSPS) is 16.2. The molecule has 1 atom stereocenters. The van der Waals surface area contributed by atoms with Gasteiger partial charge in [-0.25, -0.2) is 9.78 Å². The van der Waals surface area contributed by atoms with Crippen molar-refractivity contribution < 1.29 is 19.1 Å². The number of ether oxygens (including phenoxy) is 2. The molecular weight excluding hydrogens is 426 g/mol. The number of carbonyl (C=O) groups excluding carboxylic acids is 2. The van der Waals surface area contributed by atoms with Gasteiger partial charge in [-0.3, -0.25) is 15.0 Å². The lowest BCUT2D eigenvalue weighted by atomic mass is 10.1. The average Bonchev–Trinajstić information content (AvgIpc) is 3.40. The molecule has 2 aromatic carbocycles. The number of rotatable bonds is 5. The van der Waals surface area contributed by atoms with Crippen molar-refractivity contribution in [2.75, 3.05) is 23.4 Å². The number of nitrogens with one attached hydrogen (secondary N) is 1. The lowest BCUT2D eigenvalue weighted by molar-refractivity contribution is 0.0636. The van der Waals surface area contributed by atoms with Crippen LogP contribution in [0.1, 0.15) is 44.0 Å². The first kappa shape index (κ1) is 22.2. The predicted octanol–water partition coefficient (Wildman–Crippen LogP) is 5.47. The molecular formula is C24H27N3O4S. The Labute approximate surface area is 191 Å². The minimum Gasteiger partial charge on any atom is -0.444 e. The Hall–Kier alpha value is -2.97. The molecule has 32 heavy (non-hydrogen) atoms. The van der Waals surface area contributed by atoms with Crippen molar-refractivity contribution in [3.63, 3.8) is 0 Å². The molecule has 2 amide bonds. The molecule has 1 aromatic heterocycles. The number of para-hydroxylation sites is 1. The number of aromatic nitrogens is 1. The Morgan fingerprint density at radius 3 is 2.59 bits per heavy atom. The van der Waals surface area contributed by atoms with E-state index in [-0.39, 0.29) is 12.0 Å². The number of amides is 2. The monoisotopic (exact) mass is 453 g/mol. The van der Waals surface area contributed by atoms with Crippen LogP contribution >= 0.6 is 11.3 Å². The number of benzene rings is 2. The third kappa shape index (κ3) is 5.44. The van der Waals surface area contributed by atoms with Crippen LogP contribution in [-0.2, 0) is 9.47 Å². The van der Waals surface area contributed by atoms with Crippen LogP contribution in [0.15, 0.2) is 48.5 Å². The van der Waals surface area contributed by atoms with Crippen LogP contribution < -0.4 is 10.2 Å². The van der Waals surface area contributed by atoms with E-state index < -0.39 is 11.7 Å². The number of thiazole rings is 1. The van der Waals surface area contributed by atoms with Crippen LogP contribution in [0.25, 0.3) is 10.2 Å². The molecule has 1 saturated heterocycles. The zero-order valence-corrected chi connectivity index (χ0v) is 19.3. The van der Waals surface area contributed by atoms with Gasteiger partial charge < -0.3 is 9.47 Å². The lowest BCUT2D eigenvalue weighted by Crippen LogP contribution is -2.37. The molecule has 0 spiro atoms. The van der Waals surface area contributed by atoms with Crippen molar-refractivity contribution in [2.45, 2.75) is 45.3 Å². The number of carbonyl (C=O) groups is 2. The van der Waals surface area contributed by atoms with E-state index in [0.29, 0.717) is 22.9 Å². The first-order chi connectivity index (χ1) is 15.3. The van der Waals surface area contributed by atoms with E-state index >= 15 is 0 Å². The molecule has 0 bridgehead atoms. The van der Waals surface area contributed by atoms with Crippen LogP contribution in [0, 0.1) is 0 Å². The summed E-state index contributed by atoms with van der Waals surface area (Å²) < 4.78 is 12.1. The number of nitrogens with zero attached hydrogens (tertiary/aromatic N) is 2. The van der Waals surface area contributed by atoms with Crippen molar-refractivity contribution in [2.24, 2.45) is 0 Å². The highest BCUT2D eigenvalue weighted by atomic mass is 32.1. The second kappa shape index (κ2) is 9.26. The lowest BCUT2D eigenvalue weighted by Gasteiger charge is -2.23. The maximum Gasteiger partial charge on any atom is 0.412 e. The molecule has 1 fully saturated rings. The Balaban J connectivity index is 1.54. The molecule has 4 rings (SSSR count). The number of anilines is 2. The molecule has 168 valence electrons. The third-order valence-corrected chi connectivity index (χ3v) is 6.01. The summed E-state index contributed by atoms with van der Waals surface area (Å²) >= 11 is 1.49. The van der Waals surface area contributed by atoms with Gasteiger partial charge in [0, 0.05) is 17.9 Å². The Morgan fingerprint density at radius 1 is 1.19 bits per heavy atom. The summed E-state index contributed by atoms with van der Waals surface area (Å²) in [6, 6.07) is 14.6. The highest BCUT2D eigenvalue weighted by Gasteiger charge is 2.27. The summed E-state index contributed by atoms with van der Waals surface area (Å²) in [5.41, 5.74) is 1.35. The maximum atomic E-state index is 13.5. The molecule has 0 aliphatic carbocycles. The van der Waals surface area contributed by atoms with E-state index in [2.05, 4.69) is 10.3 Å². The topological polar surface area (TPSA) is 80.8 Å². The molecule has 7 nitrogen and oxygen atoms in total. The highest BCUT2D eigenvalue weighted by molar-refractivity contribution is 7.22. The fourth-order valence-electron chi connectivity index (χ4n) is 3.49. The van der Waals surface area contributed by atoms with Crippen LogP contribution in [0.5, 0.6) is 0 Å². The minimum atomic E-state index is -0.583. The summed E-state index contributed by atoms with van der Waals surface area (Å²) in [5, 5.41) is 3.34. The van der Waals surface area contributed by atoms with Crippen LogP contribution in [0.2, 0.25) is 0 Å². The van der Waals surface area contributed by atoms with Crippen LogP contribution in [0.4, 0.5) is 15.6 Å². The predicted molar refractivity (Wildman–Crippen MR) is 127 cm³/mol. The smallest absolute Gasteiger partial charge is 0.412 e. The van der Waals surface area contributed by atoms with Gasteiger partial charge in [0.1, 0.15) is 5.60 Å². The Morgan fingerprint density at radius 2 is 1.94 bits per heavy atom. The van der Waals surface area contributed by atoms with Crippen LogP contribution in [0.3, 0.4) is 0 Å². The Kier molecular flexibility index (Phi) is 6.43. The standard InChI is InChI=1S/C24H27N3O4S/c1-24(2,3)31-23(29)25-17-12-10-16(11-13-17)21(28)27(15-18-7-6-14-30-18)22-26-19-8-4-5-9-20(19)32-22/h4-5,8-13,18H,6-7,14-15H2,1-3H3,(H,25,29). The van der Waals surface area contributed by atoms with Gasteiger partial charge in [0.25, 0.3) is 5.91 Å². The van der Waals surface area contributed by atoms with Gasteiger partial charge in [0.05, 0.1) is 22.9 Å². The second-order valence-electron chi connectivity index (χ2n) is 8.72. The number of hydrogen-bond donors (Lipinski definition) is 1. The molecule has 0 saturated carbocycles. The molecule has 2 heterocycles. The van der Waals surface area contributed by atoms with E-state index in [4.69, 9.17) is 9.47 Å². The van der Waals surface area contributed by atoms with Gasteiger partial charge >= 0.3 is 6.09 Å².